The maximum absolute atomic E-state index is 13.1. The zero-order chi connectivity index (χ0) is 22.9. The molecule has 1 saturated heterocycles. The smallest absolute Gasteiger partial charge is 0.261 e. The lowest BCUT2D eigenvalue weighted by molar-refractivity contribution is -0.136. The second kappa shape index (κ2) is 9.65. The zero-order valence-electron chi connectivity index (χ0n) is 18.5. The molecule has 0 unspecified atom stereocenters. The Morgan fingerprint density at radius 1 is 1.25 bits per heavy atom. The monoisotopic (exact) mass is 483 g/mol. The van der Waals surface area contributed by atoms with Gasteiger partial charge in [-0.25, -0.2) is 13.4 Å². The van der Waals surface area contributed by atoms with Crippen LogP contribution in [-0.4, -0.2) is 67.1 Å². The number of carbonyl (C=O) groups is 1. The average molecular weight is 484 g/mol. The molecule has 0 aromatic carbocycles. The number of hydrogen-bond donors (Lipinski definition) is 0. The number of carbonyl (C=O) groups excluding carboxylic acids is 1. The minimum atomic E-state index is -3.64. The summed E-state index contributed by atoms with van der Waals surface area (Å²) in [6, 6.07) is 1.37. The molecule has 4 heterocycles. The summed E-state index contributed by atoms with van der Waals surface area (Å²) in [5.74, 6) is 0.459. The molecule has 1 aliphatic carbocycles. The fourth-order valence-electron chi connectivity index (χ4n) is 4.63. The number of sulfonamides is 1. The van der Waals surface area contributed by atoms with Crippen molar-refractivity contribution in [2.45, 2.75) is 75.7 Å². The molecule has 1 aromatic rings. The average Bonchev–Trinajstić information content (AvgIpc) is 2.78. The fraction of sp³-hybridized carbons (Fsp3) is 0.682. The van der Waals surface area contributed by atoms with E-state index in [-0.39, 0.29) is 31.1 Å². The van der Waals surface area contributed by atoms with E-state index in [2.05, 4.69) is 9.38 Å². The molecule has 32 heavy (non-hydrogen) atoms. The highest BCUT2D eigenvalue weighted by Gasteiger charge is 2.36. The van der Waals surface area contributed by atoms with Crippen LogP contribution < -0.4 is 4.74 Å². The number of halogens is 1. The Balaban J connectivity index is 1.66. The van der Waals surface area contributed by atoms with E-state index in [1.54, 1.807) is 18.7 Å². The minimum absolute atomic E-state index is 0.0605. The Kier molecular flexibility index (Phi) is 7.07. The quantitative estimate of drug-likeness (QED) is 0.639. The molecule has 0 spiro atoms. The molecule has 1 saturated carbocycles. The zero-order valence-corrected chi connectivity index (χ0v) is 20.1. The maximum atomic E-state index is 13.1. The van der Waals surface area contributed by atoms with Gasteiger partial charge >= 0.3 is 0 Å². The van der Waals surface area contributed by atoms with Gasteiger partial charge in [-0.05, 0) is 64.4 Å². The third-order valence-corrected chi connectivity index (χ3v) is 8.42. The van der Waals surface area contributed by atoms with Gasteiger partial charge in [-0.15, -0.1) is 0 Å². The van der Waals surface area contributed by atoms with Gasteiger partial charge in [-0.1, -0.05) is 11.6 Å². The van der Waals surface area contributed by atoms with E-state index < -0.39 is 21.3 Å². The van der Waals surface area contributed by atoms with E-state index in [1.807, 2.05) is 6.07 Å². The number of amides is 1. The molecule has 1 atom stereocenters. The lowest BCUT2D eigenvalue weighted by atomic mass is 9.83. The van der Waals surface area contributed by atoms with Crippen molar-refractivity contribution < 1.29 is 22.7 Å². The van der Waals surface area contributed by atoms with Crippen LogP contribution in [0.2, 0.25) is 5.02 Å². The van der Waals surface area contributed by atoms with Gasteiger partial charge in [0.05, 0.1) is 34.7 Å². The van der Waals surface area contributed by atoms with Gasteiger partial charge < -0.3 is 14.4 Å². The van der Waals surface area contributed by atoms with E-state index in [0.717, 1.165) is 31.2 Å². The molecule has 10 heteroatoms. The van der Waals surface area contributed by atoms with Crippen LogP contribution in [0, 0.1) is 0 Å². The molecule has 0 N–H and O–H groups in total. The summed E-state index contributed by atoms with van der Waals surface area (Å²) in [6.07, 6.45) is 6.32. The molecular weight excluding hydrogens is 454 g/mol. The Hall–Kier alpha value is -1.71. The summed E-state index contributed by atoms with van der Waals surface area (Å²) in [5, 5.41) is -0.0746. The summed E-state index contributed by atoms with van der Waals surface area (Å²) >= 11 is 6.19. The van der Waals surface area contributed by atoms with Gasteiger partial charge in [-0.3, -0.25) is 4.79 Å². The third-order valence-electron chi connectivity index (χ3n) is 6.54. The number of fused-ring (bicyclic) bond motifs is 5. The molecule has 2 bridgehead atoms. The van der Waals surface area contributed by atoms with Crippen LogP contribution >= 0.6 is 11.6 Å². The second-order valence-corrected chi connectivity index (χ2v) is 11.6. The summed E-state index contributed by atoms with van der Waals surface area (Å²) in [5.41, 5.74) is 1.43. The SMILES string of the molecule is CC(C)S(=O)(=O)/N=C1\CCCN2C(=O)COc3ncc(Cl)cc3C3CCC(CC3)OC[C@@H]12. The standard InChI is InChI=1S/C22H30ClN3O5S/c1-14(2)32(28,29)25-19-4-3-9-26-20(19)12-30-17-7-5-15(6-8-17)18-10-16(23)11-24-22(18)31-13-21(26)27/h10-11,14-15,17,20H,3-9,12-13H2,1-2H3/b25-19+/t15?,17?,20-/m0/s1. The first-order chi connectivity index (χ1) is 15.2. The molecule has 2 fully saturated rings. The molecule has 3 aliphatic heterocycles. The molecular formula is C22H30ClN3O5S. The van der Waals surface area contributed by atoms with Crippen molar-refractivity contribution in [3.8, 4) is 5.88 Å². The van der Waals surface area contributed by atoms with Crippen LogP contribution in [0.25, 0.3) is 0 Å². The first kappa shape index (κ1) is 23.4. The normalized spacial score (nSPS) is 28.4. The maximum Gasteiger partial charge on any atom is 0.261 e. The van der Waals surface area contributed by atoms with Crippen LogP contribution in [0.3, 0.4) is 0 Å². The van der Waals surface area contributed by atoms with Crippen molar-refractivity contribution >= 4 is 33.2 Å². The van der Waals surface area contributed by atoms with Gasteiger partial charge in [0, 0.05) is 18.3 Å². The van der Waals surface area contributed by atoms with Gasteiger partial charge in [-0.2, -0.15) is 4.40 Å². The van der Waals surface area contributed by atoms with Gasteiger partial charge in [0.15, 0.2) is 6.61 Å². The van der Waals surface area contributed by atoms with E-state index >= 15 is 0 Å². The lowest BCUT2D eigenvalue weighted by Crippen LogP contribution is -2.53. The predicted octanol–water partition coefficient (Wildman–Crippen LogP) is 3.34. The Labute approximate surface area is 194 Å². The van der Waals surface area contributed by atoms with E-state index in [0.29, 0.717) is 36.0 Å². The highest BCUT2D eigenvalue weighted by molar-refractivity contribution is 7.90. The molecule has 0 radical (unpaired) electrons. The summed E-state index contributed by atoms with van der Waals surface area (Å²) < 4.78 is 41.2. The fourth-order valence-corrected chi connectivity index (χ4v) is 5.55. The van der Waals surface area contributed by atoms with Gasteiger partial charge in [0.1, 0.15) is 0 Å². The van der Waals surface area contributed by atoms with E-state index in [4.69, 9.17) is 21.1 Å². The summed E-state index contributed by atoms with van der Waals surface area (Å²) in [7, 11) is -3.64. The number of ether oxygens (including phenoxy) is 2. The van der Waals surface area contributed by atoms with E-state index in [9.17, 15) is 13.2 Å². The third kappa shape index (κ3) is 5.10. The number of pyridine rings is 1. The number of aromatic nitrogens is 1. The van der Waals surface area contributed by atoms with Crippen molar-refractivity contribution in [2.75, 3.05) is 19.8 Å². The highest BCUT2D eigenvalue weighted by Crippen LogP contribution is 2.39. The van der Waals surface area contributed by atoms with Crippen molar-refractivity contribution in [1.82, 2.24) is 9.88 Å². The van der Waals surface area contributed by atoms with Crippen LogP contribution in [-0.2, 0) is 19.6 Å². The van der Waals surface area contributed by atoms with Crippen LogP contribution in [0.1, 0.15) is 63.9 Å². The van der Waals surface area contributed by atoms with Crippen molar-refractivity contribution in [3.63, 3.8) is 0 Å². The minimum Gasteiger partial charge on any atom is -0.467 e. The second-order valence-electron chi connectivity index (χ2n) is 9.00. The molecule has 1 aromatic heterocycles. The van der Waals surface area contributed by atoms with Gasteiger partial charge in [0.2, 0.25) is 5.88 Å². The van der Waals surface area contributed by atoms with E-state index in [1.165, 1.54) is 6.20 Å². The van der Waals surface area contributed by atoms with Crippen molar-refractivity contribution in [1.29, 1.82) is 0 Å². The van der Waals surface area contributed by atoms with Gasteiger partial charge in [0.25, 0.3) is 15.9 Å². The van der Waals surface area contributed by atoms with Crippen molar-refractivity contribution in [3.05, 3.63) is 22.8 Å². The Bertz CT molecular complexity index is 989. The number of nitrogens with zero attached hydrogens (tertiary/aromatic N) is 3. The molecule has 8 nitrogen and oxygen atoms in total. The number of piperidine rings is 1. The van der Waals surface area contributed by atoms with Crippen LogP contribution in [0.5, 0.6) is 5.88 Å². The van der Waals surface area contributed by atoms with Crippen molar-refractivity contribution in [2.24, 2.45) is 4.40 Å². The molecule has 5 rings (SSSR count). The first-order valence-electron chi connectivity index (χ1n) is 11.3. The van der Waals surface area contributed by atoms with Crippen LogP contribution in [0.15, 0.2) is 16.7 Å². The Morgan fingerprint density at radius 3 is 2.72 bits per heavy atom. The molecule has 1 amide bonds. The number of hydrogen-bond acceptors (Lipinski definition) is 6. The predicted molar refractivity (Wildman–Crippen MR) is 122 cm³/mol. The highest BCUT2D eigenvalue weighted by atomic mass is 35.5. The lowest BCUT2D eigenvalue weighted by Gasteiger charge is -2.37. The molecule has 176 valence electrons. The topological polar surface area (TPSA) is 98.2 Å². The number of rotatable bonds is 2. The van der Waals surface area contributed by atoms with Crippen LogP contribution in [0.4, 0.5) is 0 Å². The molecule has 4 aliphatic rings. The summed E-state index contributed by atoms with van der Waals surface area (Å²) in [6.45, 7) is 3.78. The largest absolute Gasteiger partial charge is 0.467 e. The summed E-state index contributed by atoms with van der Waals surface area (Å²) in [4.78, 5) is 19.1. The first-order valence-corrected chi connectivity index (χ1v) is 13.1. The Morgan fingerprint density at radius 2 is 2.00 bits per heavy atom.